The van der Waals surface area contributed by atoms with Crippen LogP contribution < -0.4 is 10.2 Å². The Kier molecular flexibility index (Phi) is 10.9. The molecule has 47 heavy (non-hydrogen) atoms. The molecule has 2 unspecified atom stereocenters. The van der Waals surface area contributed by atoms with E-state index in [9.17, 15) is 31.5 Å². The molecule has 1 aromatic heterocycles. The van der Waals surface area contributed by atoms with Crippen LogP contribution in [0.1, 0.15) is 65.6 Å². The average Bonchev–Trinajstić information content (AvgIpc) is 3.74. The molecule has 2 aromatic carbocycles. The summed E-state index contributed by atoms with van der Waals surface area (Å²) >= 11 is 0. The maximum atomic E-state index is 13.2. The molecule has 2 fully saturated rings. The number of benzene rings is 2. The number of pyridine rings is 1. The van der Waals surface area contributed by atoms with E-state index >= 15 is 0 Å². The van der Waals surface area contributed by atoms with Crippen molar-refractivity contribution in [3.8, 4) is 0 Å². The number of halogens is 3. The summed E-state index contributed by atoms with van der Waals surface area (Å²) in [7, 11) is -3.36. The van der Waals surface area contributed by atoms with Crippen molar-refractivity contribution in [1.82, 2.24) is 10.3 Å². The van der Waals surface area contributed by atoms with Gasteiger partial charge in [0.05, 0.1) is 53.7 Å². The van der Waals surface area contributed by atoms with Gasteiger partial charge in [-0.3, -0.25) is 4.79 Å². The van der Waals surface area contributed by atoms with E-state index in [0.717, 1.165) is 24.1 Å². The number of aliphatic hydroxyl groups excluding tert-OH is 1. The van der Waals surface area contributed by atoms with Crippen LogP contribution in [0.25, 0.3) is 0 Å². The number of nitrogens with zero attached hydrogens (tertiary/aromatic N) is 2. The third kappa shape index (κ3) is 8.32. The molecule has 5 rings (SSSR count). The number of aliphatic hydroxyl groups is 1. The van der Waals surface area contributed by atoms with Crippen LogP contribution in [0, 0.1) is 0 Å². The van der Waals surface area contributed by atoms with Crippen LogP contribution in [0.15, 0.2) is 71.8 Å². The number of aromatic nitrogens is 1. The fraction of sp³-hybridized carbons (Fsp3) is 0.471. The molecule has 0 saturated carbocycles. The van der Waals surface area contributed by atoms with Crippen LogP contribution >= 0.6 is 0 Å². The largest absolute Gasteiger partial charge is 0.416 e. The second kappa shape index (κ2) is 14.7. The number of rotatable bonds is 12. The fourth-order valence-electron chi connectivity index (χ4n) is 6.15. The summed E-state index contributed by atoms with van der Waals surface area (Å²) in [6, 6.07) is 14.4. The van der Waals surface area contributed by atoms with Crippen molar-refractivity contribution >= 4 is 21.6 Å². The van der Waals surface area contributed by atoms with Gasteiger partial charge < -0.3 is 24.8 Å². The fourth-order valence-corrected chi connectivity index (χ4v) is 7.04. The molecule has 3 aromatic rings. The van der Waals surface area contributed by atoms with Gasteiger partial charge >= 0.3 is 6.18 Å². The van der Waals surface area contributed by atoms with Crippen molar-refractivity contribution in [1.29, 1.82) is 0 Å². The van der Waals surface area contributed by atoms with Crippen molar-refractivity contribution in [2.75, 3.05) is 43.6 Å². The smallest absolute Gasteiger partial charge is 0.396 e. The number of hydrogen-bond donors (Lipinski definition) is 2. The van der Waals surface area contributed by atoms with Gasteiger partial charge in [-0.15, -0.1) is 0 Å². The van der Waals surface area contributed by atoms with Crippen LogP contribution in [-0.4, -0.2) is 81.3 Å². The van der Waals surface area contributed by atoms with E-state index in [2.05, 4.69) is 15.2 Å². The highest BCUT2D eigenvalue weighted by molar-refractivity contribution is 7.91. The lowest BCUT2D eigenvalue weighted by Gasteiger charge is -2.27. The molecule has 2 N–H and O–H groups in total. The minimum absolute atomic E-state index is 0.00643. The lowest BCUT2D eigenvalue weighted by atomic mass is 9.93. The van der Waals surface area contributed by atoms with Crippen LogP contribution in [-0.2, 0) is 25.5 Å². The van der Waals surface area contributed by atoms with Crippen LogP contribution in [0.2, 0.25) is 0 Å². The Labute approximate surface area is 273 Å². The SMILES string of the molecule is CCS(=O)(=O)c1ccc([C@H](CO)C(C)NC(=O)c2ccc(N3CC(c4ccc(C(F)(F)F)cc4)C[C@H]3CO[C@H]3CCOC3)nc2)cc1. The van der Waals surface area contributed by atoms with Gasteiger partial charge in [0, 0.05) is 37.2 Å². The minimum atomic E-state index is -4.40. The Hall–Kier alpha value is -3.52. The Morgan fingerprint density at radius 2 is 1.85 bits per heavy atom. The molecular weight excluding hydrogens is 635 g/mol. The van der Waals surface area contributed by atoms with Crippen LogP contribution in [0.3, 0.4) is 0 Å². The number of carbonyl (C=O) groups excluding carboxylic acids is 1. The van der Waals surface area contributed by atoms with Crippen molar-refractivity contribution in [2.24, 2.45) is 0 Å². The summed E-state index contributed by atoms with van der Waals surface area (Å²) in [5, 5.41) is 13.0. The zero-order valence-corrected chi connectivity index (χ0v) is 27.1. The first-order valence-electron chi connectivity index (χ1n) is 15.7. The maximum Gasteiger partial charge on any atom is 0.416 e. The van der Waals surface area contributed by atoms with Gasteiger partial charge in [0.25, 0.3) is 5.91 Å². The highest BCUT2D eigenvalue weighted by Gasteiger charge is 2.36. The Balaban J connectivity index is 1.27. The molecule has 13 heteroatoms. The second-order valence-electron chi connectivity index (χ2n) is 12.1. The van der Waals surface area contributed by atoms with E-state index in [0.29, 0.717) is 49.7 Å². The highest BCUT2D eigenvalue weighted by Crippen LogP contribution is 2.37. The molecule has 0 spiro atoms. The Morgan fingerprint density at radius 1 is 1.13 bits per heavy atom. The number of anilines is 1. The number of nitrogens with one attached hydrogen (secondary N) is 1. The zero-order valence-electron chi connectivity index (χ0n) is 26.3. The number of amides is 1. The molecule has 1 amide bonds. The monoisotopic (exact) mass is 675 g/mol. The molecule has 0 bridgehead atoms. The zero-order chi connectivity index (χ0) is 33.8. The number of carbonyl (C=O) groups is 1. The van der Waals surface area contributed by atoms with Crippen molar-refractivity contribution in [3.63, 3.8) is 0 Å². The second-order valence-corrected chi connectivity index (χ2v) is 14.4. The molecule has 2 saturated heterocycles. The number of ether oxygens (including phenoxy) is 2. The first-order chi connectivity index (χ1) is 22.4. The first-order valence-corrected chi connectivity index (χ1v) is 17.4. The molecular formula is C34H40F3N3O6S. The van der Waals surface area contributed by atoms with Crippen LogP contribution in [0.4, 0.5) is 19.0 Å². The van der Waals surface area contributed by atoms with E-state index in [1.807, 2.05) is 0 Å². The van der Waals surface area contributed by atoms with Gasteiger partial charge in [0.15, 0.2) is 9.84 Å². The standard InChI is InChI=1S/C34H40F3N3O6S/c1-3-47(43,44)30-11-6-24(7-12-30)31(19-41)22(2)39-33(42)25-8-13-32(38-17-25)40-18-26(16-28(40)20-46-29-14-15-45-21-29)23-4-9-27(10-5-23)34(35,36)37/h4-13,17,22,26,28-29,31,41H,3,14-16,18-21H2,1-2H3,(H,39,42)/t22?,26?,28-,29-,31+/m0/s1. The molecule has 254 valence electrons. The van der Waals surface area contributed by atoms with Gasteiger partial charge in [0.2, 0.25) is 0 Å². The van der Waals surface area contributed by atoms with Gasteiger partial charge in [0.1, 0.15) is 5.82 Å². The van der Waals surface area contributed by atoms with E-state index in [1.165, 1.54) is 30.5 Å². The summed E-state index contributed by atoms with van der Waals surface area (Å²) in [6.45, 7) is 5.17. The van der Waals surface area contributed by atoms with E-state index < -0.39 is 33.5 Å². The predicted molar refractivity (Wildman–Crippen MR) is 170 cm³/mol. The Morgan fingerprint density at radius 3 is 2.43 bits per heavy atom. The molecule has 2 aliphatic rings. The topological polar surface area (TPSA) is 118 Å². The van der Waals surface area contributed by atoms with E-state index in [4.69, 9.17) is 9.47 Å². The van der Waals surface area contributed by atoms with E-state index in [1.54, 1.807) is 38.1 Å². The normalized spacial score (nSPS) is 21.5. The van der Waals surface area contributed by atoms with Crippen molar-refractivity contribution in [3.05, 3.63) is 89.1 Å². The van der Waals surface area contributed by atoms with Gasteiger partial charge in [-0.25, -0.2) is 13.4 Å². The highest BCUT2D eigenvalue weighted by atomic mass is 32.2. The van der Waals surface area contributed by atoms with Gasteiger partial charge in [-0.2, -0.15) is 13.2 Å². The molecule has 0 aliphatic carbocycles. The number of hydrogen-bond acceptors (Lipinski definition) is 8. The van der Waals surface area contributed by atoms with Crippen molar-refractivity contribution < 1.29 is 41.0 Å². The summed E-state index contributed by atoms with van der Waals surface area (Å²) in [5.41, 5.74) is 1.13. The summed E-state index contributed by atoms with van der Waals surface area (Å²) in [5.74, 6) is -0.289. The first kappa shape index (κ1) is 34.8. The molecule has 2 aliphatic heterocycles. The molecule has 0 radical (unpaired) electrons. The number of alkyl halides is 3. The lowest BCUT2D eigenvalue weighted by Crippen LogP contribution is -2.38. The third-order valence-electron chi connectivity index (χ3n) is 9.05. The summed E-state index contributed by atoms with van der Waals surface area (Å²) < 4.78 is 75.3. The van der Waals surface area contributed by atoms with Crippen molar-refractivity contribution in [2.45, 2.75) is 67.8 Å². The Bertz CT molecular complexity index is 1600. The summed E-state index contributed by atoms with van der Waals surface area (Å²) in [4.78, 5) is 20.0. The molecule has 3 heterocycles. The molecule has 5 atom stereocenters. The quantitative estimate of drug-likeness (QED) is 0.277. The summed E-state index contributed by atoms with van der Waals surface area (Å²) in [6.07, 6.45) is -1.47. The maximum absolute atomic E-state index is 13.2. The van der Waals surface area contributed by atoms with Gasteiger partial charge in [-0.05, 0) is 67.3 Å². The third-order valence-corrected chi connectivity index (χ3v) is 10.8. The lowest BCUT2D eigenvalue weighted by molar-refractivity contribution is -0.137. The minimum Gasteiger partial charge on any atom is -0.396 e. The average molecular weight is 676 g/mol. The predicted octanol–water partition coefficient (Wildman–Crippen LogP) is 4.96. The van der Waals surface area contributed by atoms with E-state index in [-0.39, 0.29) is 41.2 Å². The number of sulfone groups is 1. The molecule has 9 nitrogen and oxygen atoms in total. The van der Waals surface area contributed by atoms with Gasteiger partial charge in [-0.1, -0.05) is 31.2 Å². The van der Waals surface area contributed by atoms with Crippen LogP contribution in [0.5, 0.6) is 0 Å².